The fourth-order valence-corrected chi connectivity index (χ4v) is 3.51. The molecular formula is C12H19IN2S. The average Bonchev–Trinajstić information content (AvgIpc) is 2.72. The van der Waals surface area contributed by atoms with E-state index in [2.05, 4.69) is 44.3 Å². The summed E-state index contributed by atoms with van der Waals surface area (Å²) >= 11 is 4.21. The van der Waals surface area contributed by atoms with Crippen LogP contribution in [0.25, 0.3) is 0 Å². The number of hydrogen-bond donors (Lipinski definition) is 1. The number of likely N-dealkylation sites (tertiary alicyclic amines) is 1. The van der Waals surface area contributed by atoms with E-state index in [1.165, 1.54) is 47.3 Å². The lowest BCUT2D eigenvalue weighted by atomic mass is 10.1. The van der Waals surface area contributed by atoms with Crippen molar-refractivity contribution in [1.82, 2.24) is 10.2 Å². The van der Waals surface area contributed by atoms with Crippen molar-refractivity contribution in [3.63, 3.8) is 0 Å². The number of thiophene rings is 1. The van der Waals surface area contributed by atoms with Crippen molar-refractivity contribution in [1.29, 1.82) is 0 Å². The minimum atomic E-state index is 1.02. The fraction of sp³-hybridized carbons (Fsp3) is 0.667. The summed E-state index contributed by atoms with van der Waals surface area (Å²) in [6.45, 7) is 5.96. The fourth-order valence-electron chi connectivity index (χ4n) is 2.09. The number of nitrogens with zero attached hydrogens (tertiary/aromatic N) is 1. The van der Waals surface area contributed by atoms with Gasteiger partial charge in [-0.3, -0.25) is 0 Å². The third-order valence-electron chi connectivity index (χ3n) is 3.00. The first-order chi connectivity index (χ1) is 7.84. The van der Waals surface area contributed by atoms with Crippen LogP contribution in [0.15, 0.2) is 11.4 Å². The van der Waals surface area contributed by atoms with E-state index in [1.807, 2.05) is 11.3 Å². The lowest BCUT2D eigenvalue weighted by molar-refractivity contribution is 0.229. The summed E-state index contributed by atoms with van der Waals surface area (Å²) in [5, 5.41) is 5.77. The zero-order valence-electron chi connectivity index (χ0n) is 9.54. The Morgan fingerprint density at radius 3 is 2.81 bits per heavy atom. The Balaban J connectivity index is 1.57. The van der Waals surface area contributed by atoms with Crippen molar-refractivity contribution in [2.24, 2.45) is 0 Å². The quantitative estimate of drug-likeness (QED) is 0.649. The average molecular weight is 350 g/mol. The molecule has 90 valence electrons. The van der Waals surface area contributed by atoms with E-state index >= 15 is 0 Å². The van der Waals surface area contributed by atoms with E-state index in [4.69, 9.17) is 0 Å². The Hall–Kier alpha value is 0.350. The van der Waals surface area contributed by atoms with Gasteiger partial charge in [-0.25, -0.2) is 0 Å². The standard InChI is InChI=1S/C12H19IN2S/c13-12-8-11(10-16-12)9-14-4-7-15-5-2-1-3-6-15/h8,10,14H,1-7,9H2. The second-order valence-electron chi connectivity index (χ2n) is 4.34. The van der Waals surface area contributed by atoms with E-state index in [-0.39, 0.29) is 0 Å². The SMILES string of the molecule is Ic1cc(CNCCN2CCCCC2)cs1. The van der Waals surface area contributed by atoms with Gasteiger partial charge in [0.25, 0.3) is 0 Å². The highest BCUT2D eigenvalue weighted by molar-refractivity contribution is 14.1. The van der Waals surface area contributed by atoms with Crippen LogP contribution < -0.4 is 5.32 Å². The lowest BCUT2D eigenvalue weighted by Gasteiger charge is -2.26. The molecule has 0 atom stereocenters. The molecule has 0 amide bonds. The molecule has 1 aliphatic rings. The van der Waals surface area contributed by atoms with Gasteiger partial charge in [0.1, 0.15) is 0 Å². The van der Waals surface area contributed by atoms with Crippen molar-refractivity contribution >= 4 is 33.9 Å². The molecule has 2 rings (SSSR count). The molecule has 0 aliphatic carbocycles. The number of piperidine rings is 1. The molecule has 1 N–H and O–H groups in total. The molecule has 0 aromatic carbocycles. The van der Waals surface area contributed by atoms with Crippen LogP contribution in [0.1, 0.15) is 24.8 Å². The molecule has 0 spiro atoms. The number of hydrogen-bond acceptors (Lipinski definition) is 3. The van der Waals surface area contributed by atoms with Gasteiger partial charge in [-0.05, 0) is 65.5 Å². The van der Waals surface area contributed by atoms with Gasteiger partial charge in [-0.1, -0.05) is 6.42 Å². The number of nitrogens with one attached hydrogen (secondary N) is 1. The normalized spacial score (nSPS) is 17.8. The van der Waals surface area contributed by atoms with E-state index in [9.17, 15) is 0 Å². The minimum Gasteiger partial charge on any atom is -0.311 e. The Labute approximate surface area is 116 Å². The minimum absolute atomic E-state index is 1.02. The van der Waals surface area contributed by atoms with Gasteiger partial charge in [0.05, 0.1) is 2.88 Å². The molecule has 2 nitrogen and oxygen atoms in total. The summed E-state index contributed by atoms with van der Waals surface area (Å²) < 4.78 is 1.38. The van der Waals surface area contributed by atoms with Crippen molar-refractivity contribution in [2.75, 3.05) is 26.2 Å². The van der Waals surface area contributed by atoms with Crippen LogP contribution in [0.5, 0.6) is 0 Å². The van der Waals surface area contributed by atoms with E-state index in [0.717, 1.165) is 13.1 Å². The molecular weight excluding hydrogens is 331 g/mol. The zero-order chi connectivity index (χ0) is 11.2. The highest BCUT2D eigenvalue weighted by Crippen LogP contribution is 2.16. The van der Waals surface area contributed by atoms with E-state index in [0.29, 0.717) is 0 Å². The zero-order valence-corrected chi connectivity index (χ0v) is 12.5. The Bertz CT molecular complexity index is 308. The molecule has 0 bridgehead atoms. The van der Waals surface area contributed by atoms with Crippen LogP contribution in [0.3, 0.4) is 0 Å². The van der Waals surface area contributed by atoms with Crippen LogP contribution in [0, 0.1) is 2.88 Å². The Morgan fingerprint density at radius 2 is 2.12 bits per heavy atom. The van der Waals surface area contributed by atoms with Crippen molar-refractivity contribution in [2.45, 2.75) is 25.8 Å². The van der Waals surface area contributed by atoms with Gasteiger partial charge in [-0.2, -0.15) is 0 Å². The van der Waals surface area contributed by atoms with Crippen molar-refractivity contribution in [3.8, 4) is 0 Å². The van der Waals surface area contributed by atoms with Crippen LogP contribution in [-0.2, 0) is 6.54 Å². The molecule has 1 aromatic rings. The highest BCUT2D eigenvalue weighted by atomic mass is 127. The van der Waals surface area contributed by atoms with Gasteiger partial charge in [0, 0.05) is 19.6 Å². The van der Waals surface area contributed by atoms with E-state index in [1.54, 1.807) is 0 Å². The third kappa shape index (κ3) is 4.31. The molecule has 0 radical (unpaired) electrons. The van der Waals surface area contributed by atoms with E-state index < -0.39 is 0 Å². The van der Waals surface area contributed by atoms with Gasteiger partial charge >= 0.3 is 0 Å². The third-order valence-corrected chi connectivity index (χ3v) is 4.84. The van der Waals surface area contributed by atoms with Crippen molar-refractivity contribution in [3.05, 3.63) is 19.9 Å². The Kier molecular flexibility index (Phi) is 5.55. The first-order valence-electron chi connectivity index (χ1n) is 6.00. The molecule has 1 fully saturated rings. The summed E-state index contributed by atoms with van der Waals surface area (Å²) in [5.41, 5.74) is 1.42. The summed E-state index contributed by atoms with van der Waals surface area (Å²) in [7, 11) is 0. The topological polar surface area (TPSA) is 15.3 Å². The molecule has 1 aromatic heterocycles. The second kappa shape index (κ2) is 6.93. The summed E-state index contributed by atoms with van der Waals surface area (Å²) in [4.78, 5) is 2.58. The summed E-state index contributed by atoms with van der Waals surface area (Å²) in [5.74, 6) is 0. The molecule has 1 saturated heterocycles. The largest absolute Gasteiger partial charge is 0.311 e. The summed E-state index contributed by atoms with van der Waals surface area (Å²) in [6, 6.07) is 2.26. The maximum absolute atomic E-state index is 3.52. The Morgan fingerprint density at radius 1 is 1.31 bits per heavy atom. The second-order valence-corrected chi connectivity index (χ2v) is 7.14. The van der Waals surface area contributed by atoms with Crippen LogP contribution in [0.2, 0.25) is 0 Å². The lowest BCUT2D eigenvalue weighted by Crippen LogP contribution is -2.35. The van der Waals surface area contributed by atoms with Gasteiger partial charge in [0.15, 0.2) is 0 Å². The molecule has 0 unspecified atom stereocenters. The molecule has 16 heavy (non-hydrogen) atoms. The number of rotatable bonds is 5. The number of halogens is 1. The van der Waals surface area contributed by atoms with Gasteiger partial charge < -0.3 is 10.2 Å². The molecule has 4 heteroatoms. The van der Waals surface area contributed by atoms with Crippen LogP contribution >= 0.6 is 33.9 Å². The van der Waals surface area contributed by atoms with Gasteiger partial charge in [-0.15, -0.1) is 11.3 Å². The van der Waals surface area contributed by atoms with Gasteiger partial charge in [0.2, 0.25) is 0 Å². The maximum atomic E-state index is 3.52. The monoisotopic (exact) mass is 350 g/mol. The molecule has 0 saturated carbocycles. The smallest absolute Gasteiger partial charge is 0.0656 e. The van der Waals surface area contributed by atoms with Crippen LogP contribution in [-0.4, -0.2) is 31.1 Å². The maximum Gasteiger partial charge on any atom is 0.0656 e. The van der Waals surface area contributed by atoms with Crippen LogP contribution in [0.4, 0.5) is 0 Å². The predicted molar refractivity (Wildman–Crippen MR) is 79.0 cm³/mol. The molecule has 1 aliphatic heterocycles. The first kappa shape index (κ1) is 12.8. The first-order valence-corrected chi connectivity index (χ1v) is 7.96. The van der Waals surface area contributed by atoms with Crippen molar-refractivity contribution < 1.29 is 0 Å². The summed E-state index contributed by atoms with van der Waals surface area (Å²) in [6.07, 6.45) is 4.21. The highest BCUT2D eigenvalue weighted by Gasteiger charge is 2.08. The predicted octanol–water partition coefficient (Wildman–Crippen LogP) is 2.93. The molecule has 2 heterocycles.